The molecule has 0 unspecified atom stereocenters. The average Bonchev–Trinajstić information content (AvgIpc) is 2.30. The maximum atomic E-state index is 9.21. The molecule has 1 saturated heterocycles. The van der Waals surface area contributed by atoms with Crippen LogP contribution in [0.3, 0.4) is 0 Å². The van der Waals surface area contributed by atoms with Crippen molar-refractivity contribution >= 4 is 0 Å². The first-order valence-corrected chi connectivity index (χ1v) is 3.94. The highest BCUT2D eigenvalue weighted by Gasteiger charge is 2.34. The number of rotatable bonds is 2. The Morgan fingerprint density at radius 3 is 2.64 bits per heavy atom. The molecular formula is C7H16N2O2. The monoisotopic (exact) mass is 160 g/mol. The predicted octanol–water partition coefficient (Wildman–Crippen LogP) is -1.73. The minimum Gasteiger partial charge on any atom is -0.396 e. The van der Waals surface area contributed by atoms with Crippen LogP contribution in [0.1, 0.15) is 6.92 Å². The molecule has 0 radical (unpaired) electrons. The maximum absolute atomic E-state index is 9.21. The van der Waals surface area contributed by atoms with Gasteiger partial charge in [0.25, 0.3) is 0 Å². The van der Waals surface area contributed by atoms with Crippen LogP contribution in [0.25, 0.3) is 0 Å². The summed E-state index contributed by atoms with van der Waals surface area (Å²) in [5.74, 6) is 0.0922. The van der Waals surface area contributed by atoms with Crippen LogP contribution in [0.5, 0.6) is 0 Å². The molecule has 66 valence electrons. The van der Waals surface area contributed by atoms with Crippen molar-refractivity contribution in [1.29, 1.82) is 0 Å². The minimum absolute atomic E-state index is 0.0628. The maximum Gasteiger partial charge on any atom is 0.0680 e. The fourth-order valence-corrected chi connectivity index (χ4v) is 1.53. The summed E-state index contributed by atoms with van der Waals surface area (Å²) in [6.45, 7) is 2.50. The molecule has 0 saturated carbocycles. The number of aliphatic hydroxyl groups is 2. The number of hydrogen-bond acceptors (Lipinski definition) is 4. The molecule has 4 atom stereocenters. The van der Waals surface area contributed by atoms with Gasteiger partial charge >= 0.3 is 0 Å². The third-order valence-corrected chi connectivity index (χ3v) is 2.33. The van der Waals surface area contributed by atoms with E-state index >= 15 is 0 Å². The van der Waals surface area contributed by atoms with E-state index in [0.29, 0.717) is 6.54 Å². The van der Waals surface area contributed by atoms with Crippen LogP contribution >= 0.6 is 0 Å². The standard InChI is InChI=1S/C7H16N2O2/c1-4(11)7-6(8)5(3-10)2-9-7/h4-7,9-11H,2-3,8H2,1H3/t4-,5+,6-,7+/m1/s1. The van der Waals surface area contributed by atoms with E-state index in [9.17, 15) is 5.11 Å². The molecule has 1 heterocycles. The van der Waals surface area contributed by atoms with E-state index < -0.39 is 6.10 Å². The van der Waals surface area contributed by atoms with Crippen LogP contribution in [0, 0.1) is 5.92 Å². The zero-order valence-electron chi connectivity index (χ0n) is 6.70. The molecule has 0 aromatic carbocycles. The topological polar surface area (TPSA) is 78.5 Å². The lowest BCUT2D eigenvalue weighted by Gasteiger charge is -2.20. The van der Waals surface area contributed by atoms with Crippen LogP contribution < -0.4 is 11.1 Å². The van der Waals surface area contributed by atoms with Crippen LogP contribution in [-0.4, -0.2) is 41.6 Å². The van der Waals surface area contributed by atoms with Gasteiger partial charge in [-0.1, -0.05) is 0 Å². The summed E-state index contributed by atoms with van der Waals surface area (Å²) in [6.07, 6.45) is -0.443. The van der Waals surface area contributed by atoms with Crippen LogP contribution in [0.2, 0.25) is 0 Å². The average molecular weight is 160 g/mol. The molecule has 1 aliphatic heterocycles. The quantitative estimate of drug-likeness (QED) is 0.387. The van der Waals surface area contributed by atoms with E-state index in [1.165, 1.54) is 0 Å². The normalized spacial score (nSPS) is 40.9. The molecule has 5 N–H and O–H groups in total. The first kappa shape index (κ1) is 8.93. The lowest BCUT2D eigenvalue weighted by molar-refractivity contribution is 0.138. The summed E-state index contributed by atoms with van der Waals surface area (Å²) in [6, 6.07) is -0.188. The van der Waals surface area contributed by atoms with E-state index in [-0.39, 0.29) is 24.6 Å². The highest BCUT2D eigenvalue weighted by Crippen LogP contribution is 2.14. The second kappa shape index (κ2) is 3.49. The number of nitrogens with two attached hydrogens (primary N) is 1. The zero-order valence-corrected chi connectivity index (χ0v) is 6.70. The van der Waals surface area contributed by atoms with Gasteiger partial charge in [-0.25, -0.2) is 0 Å². The Bertz CT molecular complexity index is 130. The van der Waals surface area contributed by atoms with Crippen molar-refractivity contribution in [1.82, 2.24) is 5.32 Å². The molecule has 0 spiro atoms. The SMILES string of the molecule is C[C@@H](O)[C@@H]1NC[C@@H](CO)[C@H]1N. The summed E-state index contributed by atoms with van der Waals surface area (Å²) in [4.78, 5) is 0. The Balaban J connectivity index is 2.48. The lowest BCUT2D eigenvalue weighted by atomic mass is 9.98. The summed E-state index contributed by atoms with van der Waals surface area (Å²) < 4.78 is 0. The van der Waals surface area contributed by atoms with Gasteiger partial charge < -0.3 is 21.3 Å². The molecule has 4 nitrogen and oxygen atoms in total. The van der Waals surface area contributed by atoms with Crippen molar-refractivity contribution in [2.75, 3.05) is 13.2 Å². The van der Waals surface area contributed by atoms with Gasteiger partial charge in [-0.2, -0.15) is 0 Å². The van der Waals surface area contributed by atoms with Gasteiger partial charge in [-0.05, 0) is 6.92 Å². The molecule has 11 heavy (non-hydrogen) atoms. The van der Waals surface area contributed by atoms with E-state index in [1.54, 1.807) is 6.92 Å². The second-order valence-corrected chi connectivity index (χ2v) is 3.19. The van der Waals surface area contributed by atoms with Crippen molar-refractivity contribution in [2.24, 2.45) is 11.7 Å². The predicted molar refractivity (Wildman–Crippen MR) is 42.0 cm³/mol. The van der Waals surface area contributed by atoms with Gasteiger partial charge in [0.2, 0.25) is 0 Å². The Kier molecular flexibility index (Phi) is 2.84. The smallest absolute Gasteiger partial charge is 0.0680 e. The summed E-state index contributed by atoms with van der Waals surface area (Å²) in [7, 11) is 0. The molecule has 1 aliphatic rings. The van der Waals surface area contributed by atoms with Crippen LogP contribution in [0.4, 0.5) is 0 Å². The van der Waals surface area contributed by atoms with E-state index in [2.05, 4.69) is 5.32 Å². The second-order valence-electron chi connectivity index (χ2n) is 3.19. The third kappa shape index (κ3) is 1.70. The fourth-order valence-electron chi connectivity index (χ4n) is 1.53. The Labute approximate surface area is 66.4 Å². The van der Waals surface area contributed by atoms with Crippen molar-refractivity contribution in [3.8, 4) is 0 Å². The number of aliphatic hydroxyl groups excluding tert-OH is 2. The number of hydrogen-bond donors (Lipinski definition) is 4. The number of nitrogens with one attached hydrogen (secondary N) is 1. The molecule has 0 aromatic heterocycles. The highest BCUT2D eigenvalue weighted by atomic mass is 16.3. The van der Waals surface area contributed by atoms with Gasteiger partial charge in [0.15, 0.2) is 0 Å². The van der Waals surface area contributed by atoms with Gasteiger partial charge in [0.05, 0.1) is 6.10 Å². The van der Waals surface area contributed by atoms with Crippen molar-refractivity contribution < 1.29 is 10.2 Å². The molecule has 0 aromatic rings. The highest BCUT2D eigenvalue weighted by molar-refractivity contribution is 4.95. The van der Waals surface area contributed by atoms with E-state index in [4.69, 9.17) is 10.8 Å². The first-order valence-electron chi connectivity index (χ1n) is 3.94. The van der Waals surface area contributed by atoms with E-state index in [0.717, 1.165) is 0 Å². The summed E-state index contributed by atoms with van der Waals surface area (Å²) in [5, 5.41) is 21.1. The van der Waals surface area contributed by atoms with Crippen LogP contribution in [-0.2, 0) is 0 Å². The Morgan fingerprint density at radius 1 is 1.73 bits per heavy atom. The Hall–Kier alpha value is -0.160. The van der Waals surface area contributed by atoms with Gasteiger partial charge in [0, 0.05) is 31.2 Å². The molecular weight excluding hydrogens is 144 g/mol. The van der Waals surface area contributed by atoms with Crippen LogP contribution in [0.15, 0.2) is 0 Å². The molecule has 1 rings (SSSR count). The molecule has 1 fully saturated rings. The van der Waals surface area contributed by atoms with Crippen molar-refractivity contribution in [3.05, 3.63) is 0 Å². The lowest BCUT2D eigenvalue weighted by Crippen LogP contribution is -2.46. The zero-order chi connectivity index (χ0) is 8.43. The van der Waals surface area contributed by atoms with Gasteiger partial charge in [-0.15, -0.1) is 0 Å². The van der Waals surface area contributed by atoms with Crippen molar-refractivity contribution in [2.45, 2.75) is 25.1 Å². The molecule has 0 aliphatic carbocycles. The summed E-state index contributed by atoms with van der Waals surface area (Å²) in [5.41, 5.74) is 5.75. The molecule has 0 bridgehead atoms. The van der Waals surface area contributed by atoms with Gasteiger partial charge in [0.1, 0.15) is 0 Å². The van der Waals surface area contributed by atoms with Crippen molar-refractivity contribution in [3.63, 3.8) is 0 Å². The molecule has 4 heteroatoms. The summed E-state index contributed by atoms with van der Waals surface area (Å²) >= 11 is 0. The minimum atomic E-state index is -0.443. The van der Waals surface area contributed by atoms with Gasteiger partial charge in [-0.3, -0.25) is 0 Å². The third-order valence-electron chi connectivity index (χ3n) is 2.33. The fraction of sp³-hybridized carbons (Fsp3) is 1.00. The molecule has 0 amide bonds. The van der Waals surface area contributed by atoms with E-state index in [1.807, 2.05) is 0 Å². The Morgan fingerprint density at radius 2 is 2.36 bits per heavy atom. The largest absolute Gasteiger partial charge is 0.396 e. The first-order chi connectivity index (χ1) is 5.16.